The lowest BCUT2D eigenvalue weighted by Crippen LogP contribution is -2.62. The SMILES string of the molecule is CCCCNC=O.Cc1c(O)cccc1C(=O)[C@@H](Cc1ccccc1)[C@](N)(O)C(=O)N1CCSC1. The number of nitrogens with two attached hydrogens (primary N) is 1. The van der Waals surface area contributed by atoms with E-state index in [0.29, 0.717) is 18.0 Å². The summed E-state index contributed by atoms with van der Waals surface area (Å²) in [4.78, 5) is 37.3. The molecule has 2 amide bonds. The van der Waals surface area contributed by atoms with Crippen LogP contribution in [0, 0.1) is 12.8 Å². The number of nitrogens with one attached hydrogen (secondary N) is 1. The number of phenols is 1. The van der Waals surface area contributed by atoms with Gasteiger partial charge in [0.25, 0.3) is 5.91 Å². The molecule has 0 spiro atoms. The van der Waals surface area contributed by atoms with Crippen molar-refractivity contribution in [3.05, 3.63) is 65.2 Å². The molecular weight excluding hydrogens is 466 g/mol. The van der Waals surface area contributed by atoms with Gasteiger partial charge in [-0.25, -0.2) is 0 Å². The Bertz CT molecular complexity index is 978. The predicted octanol–water partition coefficient (Wildman–Crippen LogP) is 2.45. The number of thioether (sulfide) groups is 1. The molecule has 0 aliphatic carbocycles. The Morgan fingerprint density at radius 2 is 1.94 bits per heavy atom. The van der Waals surface area contributed by atoms with Crippen molar-refractivity contribution in [1.82, 2.24) is 10.2 Å². The average Bonchev–Trinajstić information content (AvgIpc) is 3.39. The van der Waals surface area contributed by atoms with Crippen LogP contribution in [0.1, 0.15) is 41.3 Å². The van der Waals surface area contributed by atoms with E-state index in [2.05, 4.69) is 12.2 Å². The van der Waals surface area contributed by atoms with Crippen molar-refractivity contribution in [2.75, 3.05) is 24.7 Å². The number of unbranched alkanes of at least 4 members (excludes halogenated alkanes) is 1. The first-order valence-electron chi connectivity index (χ1n) is 11.7. The average molecular weight is 502 g/mol. The van der Waals surface area contributed by atoms with E-state index in [1.165, 1.54) is 11.0 Å². The van der Waals surface area contributed by atoms with Crippen molar-refractivity contribution in [2.24, 2.45) is 11.7 Å². The molecule has 35 heavy (non-hydrogen) atoms. The lowest BCUT2D eigenvalue weighted by molar-refractivity contribution is -0.153. The normalized spacial score (nSPS) is 15.4. The summed E-state index contributed by atoms with van der Waals surface area (Å²) in [6, 6.07) is 13.8. The largest absolute Gasteiger partial charge is 0.508 e. The van der Waals surface area contributed by atoms with Crippen LogP contribution in [-0.2, 0) is 16.0 Å². The molecule has 0 saturated carbocycles. The number of hydrogen-bond acceptors (Lipinski definition) is 7. The molecule has 5 N–H and O–H groups in total. The summed E-state index contributed by atoms with van der Waals surface area (Å²) in [6.07, 6.45) is 3.06. The van der Waals surface area contributed by atoms with Gasteiger partial charge in [-0.05, 0) is 31.4 Å². The number of benzene rings is 2. The van der Waals surface area contributed by atoms with Gasteiger partial charge in [0.1, 0.15) is 5.75 Å². The molecule has 1 saturated heterocycles. The van der Waals surface area contributed by atoms with E-state index in [0.717, 1.165) is 37.1 Å². The van der Waals surface area contributed by atoms with Crippen LogP contribution in [0.4, 0.5) is 0 Å². The van der Waals surface area contributed by atoms with Crippen LogP contribution in [-0.4, -0.2) is 63.7 Å². The number of carbonyl (C=O) groups is 3. The Balaban J connectivity index is 0.000000540. The van der Waals surface area contributed by atoms with Crippen LogP contribution >= 0.6 is 11.8 Å². The monoisotopic (exact) mass is 501 g/mol. The third-order valence-electron chi connectivity index (χ3n) is 5.84. The Labute approximate surface area is 210 Å². The summed E-state index contributed by atoms with van der Waals surface area (Å²) in [5.74, 6) is -1.12. The number of aromatic hydroxyl groups is 1. The minimum absolute atomic E-state index is 0.0212. The Hall–Kier alpha value is -2.88. The van der Waals surface area contributed by atoms with Gasteiger partial charge in [0.15, 0.2) is 5.78 Å². The van der Waals surface area contributed by atoms with Crippen LogP contribution in [0.15, 0.2) is 48.5 Å². The second-order valence-electron chi connectivity index (χ2n) is 8.41. The van der Waals surface area contributed by atoms with Crippen LogP contribution in [0.2, 0.25) is 0 Å². The summed E-state index contributed by atoms with van der Waals surface area (Å²) >= 11 is 1.57. The molecule has 1 aliphatic heterocycles. The van der Waals surface area contributed by atoms with Gasteiger partial charge < -0.3 is 20.4 Å². The molecule has 0 unspecified atom stereocenters. The lowest BCUT2D eigenvalue weighted by Gasteiger charge is -2.33. The summed E-state index contributed by atoms with van der Waals surface area (Å²) in [5, 5.41) is 23.6. The standard InChI is InChI=1S/C21H24N2O4S.C5H11NO/c1-14-16(8-5-9-18(14)24)19(25)17(12-15-6-3-2-4-7-15)21(22,27)20(26)23-10-11-28-13-23;1-2-3-4-6-5-7/h2-9,17,24,27H,10-13,22H2,1H3;5H,2-4H2,1H3,(H,6,7)/t17-,21+;/m1./s1. The van der Waals surface area contributed by atoms with Gasteiger partial charge in [-0.1, -0.05) is 55.8 Å². The quantitative estimate of drug-likeness (QED) is 0.170. The number of phenolic OH excluding ortho intramolecular Hbond substituents is 1. The van der Waals surface area contributed by atoms with Crippen molar-refractivity contribution < 1.29 is 24.6 Å². The number of carbonyl (C=O) groups excluding carboxylic acids is 3. The van der Waals surface area contributed by atoms with E-state index in [-0.39, 0.29) is 17.7 Å². The zero-order valence-electron chi connectivity index (χ0n) is 20.3. The first kappa shape index (κ1) is 28.4. The molecule has 2 atom stereocenters. The fourth-order valence-corrected chi connectivity index (χ4v) is 4.64. The number of amides is 2. The number of aliphatic hydroxyl groups is 1. The maximum absolute atomic E-state index is 13.4. The highest BCUT2D eigenvalue weighted by atomic mass is 32.2. The third-order valence-corrected chi connectivity index (χ3v) is 6.81. The second-order valence-corrected chi connectivity index (χ2v) is 9.49. The fraction of sp³-hybridized carbons (Fsp3) is 0.423. The predicted molar refractivity (Wildman–Crippen MR) is 138 cm³/mol. The Morgan fingerprint density at radius 3 is 2.54 bits per heavy atom. The van der Waals surface area contributed by atoms with Gasteiger partial charge in [0.05, 0.1) is 11.8 Å². The highest BCUT2D eigenvalue weighted by Gasteiger charge is 2.47. The van der Waals surface area contributed by atoms with Crippen LogP contribution in [0.3, 0.4) is 0 Å². The molecule has 1 aliphatic rings. The molecule has 2 aromatic carbocycles. The van der Waals surface area contributed by atoms with Gasteiger partial charge >= 0.3 is 0 Å². The summed E-state index contributed by atoms with van der Waals surface area (Å²) in [7, 11) is 0. The molecule has 0 radical (unpaired) electrons. The maximum Gasteiger partial charge on any atom is 0.271 e. The molecule has 0 aromatic heterocycles. The van der Waals surface area contributed by atoms with E-state index in [9.17, 15) is 24.6 Å². The van der Waals surface area contributed by atoms with Crippen molar-refractivity contribution in [2.45, 2.75) is 38.8 Å². The Kier molecular flexibility index (Phi) is 11.2. The molecule has 190 valence electrons. The van der Waals surface area contributed by atoms with E-state index in [1.807, 2.05) is 30.3 Å². The first-order chi connectivity index (χ1) is 16.7. The second kappa shape index (κ2) is 13.9. The van der Waals surface area contributed by atoms with Gasteiger partial charge in [-0.15, -0.1) is 11.8 Å². The number of hydrogen-bond donors (Lipinski definition) is 4. The lowest BCUT2D eigenvalue weighted by atomic mass is 9.81. The number of nitrogens with zero attached hydrogens (tertiary/aromatic N) is 1. The van der Waals surface area contributed by atoms with E-state index >= 15 is 0 Å². The minimum atomic E-state index is -2.35. The van der Waals surface area contributed by atoms with Gasteiger partial charge in [-0.2, -0.15) is 0 Å². The summed E-state index contributed by atoms with van der Waals surface area (Å²) < 4.78 is 0. The van der Waals surface area contributed by atoms with E-state index in [4.69, 9.17) is 5.73 Å². The van der Waals surface area contributed by atoms with Crippen LogP contribution < -0.4 is 11.1 Å². The van der Waals surface area contributed by atoms with Crippen LogP contribution in [0.25, 0.3) is 0 Å². The van der Waals surface area contributed by atoms with Crippen molar-refractivity contribution in [1.29, 1.82) is 0 Å². The summed E-state index contributed by atoms with van der Waals surface area (Å²) in [6.45, 7) is 5.02. The smallest absolute Gasteiger partial charge is 0.271 e. The third kappa shape index (κ3) is 7.81. The molecule has 2 aromatic rings. The highest BCUT2D eigenvalue weighted by Crippen LogP contribution is 2.29. The molecule has 0 bridgehead atoms. The zero-order chi connectivity index (χ0) is 25.8. The number of Topliss-reactive ketones (excluding diaryl/α,β-unsaturated/α-hetero) is 1. The zero-order valence-corrected chi connectivity index (χ0v) is 21.1. The first-order valence-corrected chi connectivity index (χ1v) is 12.8. The van der Waals surface area contributed by atoms with E-state index in [1.54, 1.807) is 30.8 Å². The van der Waals surface area contributed by atoms with Crippen molar-refractivity contribution in [3.63, 3.8) is 0 Å². The Morgan fingerprint density at radius 1 is 1.23 bits per heavy atom. The molecule has 1 heterocycles. The fourth-order valence-electron chi connectivity index (χ4n) is 3.69. The van der Waals surface area contributed by atoms with Gasteiger partial charge in [0.2, 0.25) is 12.1 Å². The van der Waals surface area contributed by atoms with Gasteiger partial charge in [-0.3, -0.25) is 20.1 Å². The number of ketones is 1. The van der Waals surface area contributed by atoms with Crippen molar-refractivity contribution in [3.8, 4) is 5.75 Å². The molecule has 9 heteroatoms. The topological polar surface area (TPSA) is 133 Å². The minimum Gasteiger partial charge on any atom is -0.508 e. The highest BCUT2D eigenvalue weighted by molar-refractivity contribution is 7.99. The van der Waals surface area contributed by atoms with Crippen LogP contribution in [0.5, 0.6) is 5.75 Å². The van der Waals surface area contributed by atoms with Crippen molar-refractivity contribution >= 4 is 29.9 Å². The van der Waals surface area contributed by atoms with Gasteiger partial charge in [0, 0.05) is 30.0 Å². The molecule has 3 rings (SSSR count). The molecule has 8 nitrogen and oxygen atoms in total. The number of rotatable bonds is 10. The molecule has 1 fully saturated rings. The molecular formula is C26H35N3O5S. The van der Waals surface area contributed by atoms with E-state index < -0.39 is 23.3 Å². The summed E-state index contributed by atoms with van der Waals surface area (Å²) in [5.41, 5.74) is 5.20. The maximum atomic E-state index is 13.4.